The zero-order valence-corrected chi connectivity index (χ0v) is 15.8. The monoisotopic (exact) mass is 398 g/mol. The van der Waals surface area contributed by atoms with E-state index in [2.05, 4.69) is 10.3 Å². The fourth-order valence-electron chi connectivity index (χ4n) is 2.73. The van der Waals surface area contributed by atoms with Gasteiger partial charge < -0.3 is 26.2 Å². The first-order valence-electron chi connectivity index (χ1n) is 8.40. The Labute approximate surface area is 167 Å². The van der Waals surface area contributed by atoms with E-state index in [0.29, 0.717) is 21.8 Å². The third kappa shape index (κ3) is 4.27. The molecule has 1 heterocycles. The molecule has 3 rings (SSSR count). The van der Waals surface area contributed by atoms with Gasteiger partial charge in [0.2, 0.25) is 0 Å². The van der Waals surface area contributed by atoms with Crippen LogP contribution in [0, 0.1) is 0 Å². The van der Waals surface area contributed by atoms with Gasteiger partial charge in [0.1, 0.15) is 11.6 Å². The quantitative estimate of drug-likeness (QED) is 0.511. The van der Waals surface area contributed by atoms with E-state index in [-0.39, 0.29) is 18.1 Å². The van der Waals surface area contributed by atoms with Crippen molar-refractivity contribution in [3.63, 3.8) is 0 Å². The normalized spacial score (nSPS) is 10.5. The zero-order chi connectivity index (χ0) is 20.3. The number of amides is 1. The number of phenolic OH excluding ortho intramolecular Hbond substituents is 1. The number of nitrogen functional groups attached to an aromatic ring is 1. The second kappa shape index (κ2) is 8.06. The van der Waals surface area contributed by atoms with Crippen LogP contribution in [0.1, 0.15) is 5.56 Å². The molecule has 0 aliphatic carbocycles. The van der Waals surface area contributed by atoms with Gasteiger partial charge in [-0.3, -0.25) is 0 Å². The summed E-state index contributed by atoms with van der Waals surface area (Å²) in [5.74, 6) is 0.263. The largest absolute Gasteiger partial charge is 0.507 e. The van der Waals surface area contributed by atoms with E-state index in [4.69, 9.17) is 22.4 Å². The van der Waals surface area contributed by atoms with Gasteiger partial charge in [0.25, 0.3) is 0 Å². The van der Waals surface area contributed by atoms with Crippen LogP contribution in [0.5, 0.6) is 5.75 Å². The molecule has 0 aliphatic rings. The maximum atomic E-state index is 10.6. The number of phenols is 1. The van der Waals surface area contributed by atoms with Crippen molar-refractivity contribution >= 4 is 34.9 Å². The minimum Gasteiger partial charge on any atom is -0.507 e. The number of carbonyl (C=O) groups is 1. The van der Waals surface area contributed by atoms with Crippen molar-refractivity contribution in [2.75, 3.05) is 17.7 Å². The summed E-state index contributed by atoms with van der Waals surface area (Å²) in [5, 5.41) is 21.9. The van der Waals surface area contributed by atoms with Crippen molar-refractivity contribution in [2.45, 2.75) is 6.54 Å². The van der Waals surface area contributed by atoms with Crippen LogP contribution in [0.25, 0.3) is 11.3 Å². The number of benzene rings is 2. The predicted molar refractivity (Wildman–Crippen MR) is 110 cm³/mol. The average Bonchev–Trinajstić information content (AvgIpc) is 2.67. The molecule has 0 radical (unpaired) electrons. The van der Waals surface area contributed by atoms with Gasteiger partial charge in [-0.1, -0.05) is 17.7 Å². The number of aromatic hydroxyl groups is 1. The highest BCUT2D eigenvalue weighted by Crippen LogP contribution is 2.34. The van der Waals surface area contributed by atoms with Crippen molar-refractivity contribution < 1.29 is 15.0 Å². The maximum Gasteiger partial charge on any atom is 0.404 e. The van der Waals surface area contributed by atoms with Crippen molar-refractivity contribution in [3.8, 4) is 17.0 Å². The lowest BCUT2D eigenvalue weighted by atomic mass is 10.1. The number of nitrogens with two attached hydrogens (primary N) is 1. The highest BCUT2D eigenvalue weighted by molar-refractivity contribution is 6.30. The molecule has 0 bridgehead atoms. The number of halogens is 1. The Kier molecular flexibility index (Phi) is 5.56. The maximum absolute atomic E-state index is 10.6. The minimum absolute atomic E-state index is 0.0553. The van der Waals surface area contributed by atoms with E-state index in [1.807, 2.05) is 24.1 Å². The van der Waals surface area contributed by atoms with E-state index >= 15 is 0 Å². The van der Waals surface area contributed by atoms with Crippen LogP contribution < -0.4 is 16.0 Å². The number of hydrogen-bond donors (Lipinski definition) is 4. The van der Waals surface area contributed by atoms with Gasteiger partial charge in [-0.05, 0) is 48.5 Å². The molecule has 0 atom stereocenters. The summed E-state index contributed by atoms with van der Waals surface area (Å²) >= 11 is 5.95. The van der Waals surface area contributed by atoms with Gasteiger partial charge in [0.05, 0.1) is 5.69 Å². The molecule has 28 heavy (non-hydrogen) atoms. The summed E-state index contributed by atoms with van der Waals surface area (Å²) in [5.41, 5.74) is 9.28. The van der Waals surface area contributed by atoms with E-state index < -0.39 is 6.09 Å². The standard InChI is InChI=1S/C20H19ClN4O3/c1-25(14-5-3-13(21)4-6-14)15-7-9-18(26)16(10-15)17-8-2-12(19(22)24-17)11-23-20(27)28/h2-10,23,26H,11H2,1H3,(H2,22,24)(H,27,28). The molecule has 5 N–H and O–H groups in total. The first-order valence-corrected chi connectivity index (χ1v) is 8.78. The molecule has 0 saturated carbocycles. The first-order chi connectivity index (χ1) is 13.3. The van der Waals surface area contributed by atoms with Gasteiger partial charge in [-0.15, -0.1) is 0 Å². The van der Waals surface area contributed by atoms with Crippen LogP contribution in [-0.2, 0) is 6.54 Å². The number of carboxylic acid groups (broad SMARTS) is 1. The summed E-state index contributed by atoms with van der Waals surface area (Å²) in [6.45, 7) is 0.0553. The molecule has 0 fully saturated rings. The summed E-state index contributed by atoms with van der Waals surface area (Å²) in [6, 6.07) is 16.0. The third-order valence-corrected chi connectivity index (χ3v) is 4.55. The molecule has 1 aromatic heterocycles. The van der Waals surface area contributed by atoms with Gasteiger partial charge in [-0.2, -0.15) is 0 Å². The highest BCUT2D eigenvalue weighted by atomic mass is 35.5. The Balaban J connectivity index is 1.92. The number of pyridine rings is 1. The molecule has 7 nitrogen and oxygen atoms in total. The zero-order valence-electron chi connectivity index (χ0n) is 15.1. The molecule has 3 aromatic rings. The summed E-state index contributed by atoms with van der Waals surface area (Å²) in [6.07, 6.45) is -1.14. The van der Waals surface area contributed by atoms with Crippen LogP contribution in [0.15, 0.2) is 54.6 Å². The van der Waals surface area contributed by atoms with Crippen molar-refractivity contribution in [2.24, 2.45) is 0 Å². The van der Waals surface area contributed by atoms with E-state index in [1.165, 1.54) is 0 Å². The number of rotatable bonds is 5. The van der Waals surface area contributed by atoms with Crippen molar-refractivity contribution in [1.29, 1.82) is 0 Å². The first kappa shape index (κ1) is 19.3. The molecule has 8 heteroatoms. The van der Waals surface area contributed by atoms with Gasteiger partial charge >= 0.3 is 6.09 Å². The Hall–Kier alpha value is -3.45. The van der Waals surface area contributed by atoms with Crippen LogP contribution in [-0.4, -0.2) is 28.3 Å². The van der Waals surface area contributed by atoms with Crippen molar-refractivity contribution in [3.05, 3.63) is 65.2 Å². The lowest BCUT2D eigenvalue weighted by molar-refractivity contribution is 0.194. The summed E-state index contributed by atoms with van der Waals surface area (Å²) in [4.78, 5) is 16.9. The predicted octanol–water partition coefficient (Wildman–Crippen LogP) is 4.23. The van der Waals surface area contributed by atoms with Crippen LogP contribution in [0.2, 0.25) is 5.02 Å². The number of nitrogens with one attached hydrogen (secondary N) is 1. The van der Waals surface area contributed by atoms with E-state index in [1.54, 1.807) is 42.5 Å². The average molecular weight is 399 g/mol. The van der Waals surface area contributed by atoms with Gasteiger partial charge in [0, 0.05) is 41.1 Å². The second-order valence-corrected chi connectivity index (χ2v) is 6.57. The number of anilines is 3. The fourth-order valence-corrected chi connectivity index (χ4v) is 2.85. The molecule has 1 amide bonds. The summed E-state index contributed by atoms with van der Waals surface area (Å²) in [7, 11) is 1.90. The van der Waals surface area contributed by atoms with Gasteiger partial charge in [-0.25, -0.2) is 9.78 Å². The van der Waals surface area contributed by atoms with E-state index in [0.717, 1.165) is 11.4 Å². The third-order valence-electron chi connectivity index (χ3n) is 4.30. The molecule has 144 valence electrons. The number of nitrogens with zero attached hydrogens (tertiary/aromatic N) is 2. The second-order valence-electron chi connectivity index (χ2n) is 6.14. The van der Waals surface area contributed by atoms with Gasteiger partial charge in [0.15, 0.2) is 0 Å². The Morgan fingerprint density at radius 2 is 1.82 bits per heavy atom. The SMILES string of the molecule is CN(c1ccc(Cl)cc1)c1ccc(O)c(-c2ccc(CNC(=O)O)c(N)n2)c1. The van der Waals surface area contributed by atoms with E-state index in [9.17, 15) is 9.90 Å². The number of hydrogen-bond acceptors (Lipinski definition) is 5. The topological polar surface area (TPSA) is 112 Å². The summed E-state index contributed by atoms with van der Waals surface area (Å²) < 4.78 is 0. The van der Waals surface area contributed by atoms with Crippen LogP contribution in [0.3, 0.4) is 0 Å². The molecule has 2 aromatic carbocycles. The molecule has 0 aliphatic heterocycles. The minimum atomic E-state index is -1.14. The Morgan fingerprint density at radius 1 is 1.14 bits per heavy atom. The molecular formula is C20H19ClN4O3. The molecule has 0 spiro atoms. The molecule has 0 unspecified atom stereocenters. The molecule has 0 saturated heterocycles. The Bertz CT molecular complexity index is 1010. The van der Waals surface area contributed by atoms with Crippen LogP contribution >= 0.6 is 11.6 Å². The van der Waals surface area contributed by atoms with Crippen LogP contribution in [0.4, 0.5) is 22.0 Å². The highest BCUT2D eigenvalue weighted by Gasteiger charge is 2.12. The molecular weight excluding hydrogens is 380 g/mol. The fraction of sp³-hybridized carbons (Fsp3) is 0.100. The smallest absolute Gasteiger partial charge is 0.404 e. The lowest BCUT2D eigenvalue weighted by Crippen LogP contribution is -2.20. The number of aromatic nitrogens is 1. The Morgan fingerprint density at radius 3 is 2.46 bits per heavy atom. The van der Waals surface area contributed by atoms with Crippen molar-refractivity contribution in [1.82, 2.24) is 10.3 Å². The lowest BCUT2D eigenvalue weighted by Gasteiger charge is -2.21.